The van der Waals surface area contributed by atoms with Gasteiger partial charge >= 0.3 is 7.82 Å². The third-order valence-electron chi connectivity index (χ3n) is 17.0. The number of carbonyl (C=O) groups is 1. The fraction of sp³-hybridized carbons (Fsp3) is 0.855. The van der Waals surface area contributed by atoms with Crippen molar-refractivity contribution in [2.45, 2.75) is 379 Å². The Kier molecular flexibility index (Phi) is 65.2. The smallest absolute Gasteiger partial charge is 0.387 e. The molecule has 0 aromatic heterocycles. The van der Waals surface area contributed by atoms with Gasteiger partial charge in [-0.1, -0.05) is 351 Å². The zero-order valence-electron chi connectivity index (χ0n) is 57.4. The van der Waals surface area contributed by atoms with Crippen LogP contribution in [0.1, 0.15) is 367 Å². The van der Waals surface area contributed by atoms with Crippen LogP contribution in [0.25, 0.3) is 0 Å². The van der Waals surface area contributed by atoms with Crippen LogP contribution in [0.5, 0.6) is 0 Å². The molecule has 0 aliphatic heterocycles. The van der Waals surface area contributed by atoms with Crippen LogP contribution in [-0.4, -0.2) is 73.4 Å². The molecule has 3 unspecified atom stereocenters. The monoisotopic (exact) mass is 1210 g/mol. The Morgan fingerprint density at radius 2 is 0.682 bits per heavy atom. The number of hydrogen-bond donors (Lipinski definition) is 3. The van der Waals surface area contributed by atoms with Crippen molar-refractivity contribution >= 4 is 13.7 Å². The number of rotatable bonds is 69. The van der Waals surface area contributed by atoms with Gasteiger partial charge in [0.1, 0.15) is 13.2 Å². The summed E-state index contributed by atoms with van der Waals surface area (Å²) in [5.41, 5.74) is 0. The maximum atomic E-state index is 13.1. The van der Waals surface area contributed by atoms with E-state index in [1.54, 1.807) is 6.08 Å². The van der Waals surface area contributed by atoms with Crippen molar-refractivity contribution < 1.29 is 32.9 Å². The van der Waals surface area contributed by atoms with Crippen molar-refractivity contribution in [2.75, 3.05) is 40.9 Å². The van der Waals surface area contributed by atoms with Crippen LogP contribution >= 0.6 is 7.82 Å². The minimum Gasteiger partial charge on any atom is -0.387 e. The van der Waals surface area contributed by atoms with Crippen LogP contribution in [0.4, 0.5) is 0 Å². The van der Waals surface area contributed by atoms with Crippen LogP contribution < -0.4 is 5.32 Å². The van der Waals surface area contributed by atoms with Gasteiger partial charge in [-0.15, -0.1) is 0 Å². The Bertz CT molecular complexity index is 1570. The number of aliphatic hydroxyl groups excluding tert-OH is 1. The summed E-state index contributed by atoms with van der Waals surface area (Å²) < 4.78 is 23.8. The summed E-state index contributed by atoms with van der Waals surface area (Å²) in [5.74, 6) is -0.180. The molecule has 0 heterocycles. The second-order valence-electron chi connectivity index (χ2n) is 26.7. The van der Waals surface area contributed by atoms with Crippen molar-refractivity contribution in [2.24, 2.45) is 0 Å². The number of nitrogens with zero attached hydrogens (tertiary/aromatic N) is 1. The average molecular weight is 1210 g/mol. The van der Waals surface area contributed by atoms with E-state index in [9.17, 15) is 19.4 Å². The van der Waals surface area contributed by atoms with Gasteiger partial charge in [-0.2, -0.15) is 0 Å². The summed E-state index contributed by atoms with van der Waals surface area (Å²) in [6.45, 7) is 4.83. The van der Waals surface area contributed by atoms with E-state index in [2.05, 4.69) is 67.8 Å². The SMILES string of the molecule is CCCCCCC/C=C\C/C=C\C/C=C\CCCCCCCCCCCCCCCCCCCCCCCCCCC(=O)NC(COP(=O)(O)OCC[N+](C)(C)C)C(O)/C=C/CC/C=C/CCCCCCCCCCCCCCCCCCCC. The lowest BCUT2D eigenvalue weighted by atomic mass is 10.0. The highest BCUT2D eigenvalue weighted by Gasteiger charge is 2.28. The van der Waals surface area contributed by atoms with E-state index in [0.29, 0.717) is 17.4 Å². The molecule has 0 bridgehead atoms. The molecule has 3 N–H and O–H groups in total. The van der Waals surface area contributed by atoms with Crippen LogP contribution in [0.3, 0.4) is 0 Å². The molecule has 8 nitrogen and oxygen atoms in total. The van der Waals surface area contributed by atoms with Gasteiger partial charge in [-0.3, -0.25) is 13.8 Å². The van der Waals surface area contributed by atoms with E-state index in [-0.39, 0.29) is 19.1 Å². The summed E-state index contributed by atoms with van der Waals surface area (Å²) >= 11 is 0. The summed E-state index contributed by atoms with van der Waals surface area (Å²) in [7, 11) is 1.57. The zero-order chi connectivity index (χ0) is 61.9. The number of amides is 1. The van der Waals surface area contributed by atoms with Gasteiger partial charge in [0.15, 0.2) is 0 Å². The fourth-order valence-corrected chi connectivity index (χ4v) is 11.9. The molecule has 0 aromatic rings. The molecule has 0 radical (unpaired) electrons. The van der Waals surface area contributed by atoms with E-state index in [4.69, 9.17) is 9.05 Å². The molecule has 3 atom stereocenters. The molecule has 0 saturated carbocycles. The predicted molar refractivity (Wildman–Crippen MR) is 374 cm³/mol. The van der Waals surface area contributed by atoms with Crippen molar-refractivity contribution in [3.8, 4) is 0 Å². The Hall–Kier alpha value is -1.80. The maximum absolute atomic E-state index is 13.1. The molecule has 0 aliphatic carbocycles. The summed E-state index contributed by atoms with van der Waals surface area (Å²) in [6, 6.07) is -0.865. The normalized spacial score (nSPS) is 13.9. The number of allylic oxidation sites excluding steroid dienone is 9. The second-order valence-corrected chi connectivity index (χ2v) is 28.1. The van der Waals surface area contributed by atoms with Crippen LogP contribution in [0.15, 0.2) is 60.8 Å². The third-order valence-corrected chi connectivity index (χ3v) is 17.9. The number of unbranched alkanes of at least 4 members (excludes halogenated alkanes) is 48. The molecule has 500 valence electrons. The summed E-state index contributed by atoms with van der Waals surface area (Å²) in [6.07, 6.45) is 92.5. The fourth-order valence-electron chi connectivity index (χ4n) is 11.2. The van der Waals surface area contributed by atoms with E-state index in [1.807, 2.05) is 27.2 Å². The van der Waals surface area contributed by atoms with Gasteiger partial charge in [-0.05, 0) is 70.6 Å². The molecular weight excluding hydrogens is 1070 g/mol. The van der Waals surface area contributed by atoms with E-state index < -0.39 is 20.0 Å². The van der Waals surface area contributed by atoms with E-state index >= 15 is 0 Å². The quantitative estimate of drug-likeness (QED) is 0.0243. The Labute approximate surface area is 530 Å². The highest BCUT2D eigenvalue weighted by Crippen LogP contribution is 2.43. The van der Waals surface area contributed by atoms with Gasteiger partial charge in [0.2, 0.25) is 5.91 Å². The topological polar surface area (TPSA) is 105 Å². The largest absolute Gasteiger partial charge is 0.472 e. The van der Waals surface area contributed by atoms with Crippen LogP contribution in [-0.2, 0) is 18.4 Å². The van der Waals surface area contributed by atoms with Gasteiger partial charge in [0, 0.05) is 6.42 Å². The number of likely N-dealkylation sites (N-methyl/N-ethyl adjacent to an activating group) is 1. The average Bonchev–Trinajstić information content (AvgIpc) is 3.49. The number of phosphoric ester groups is 1. The highest BCUT2D eigenvalue weighted by atomic mass is 31.2. The first-order valence-electron chi connectivity index (χ1n) is 37.2. The molecule has 0 fully saturated rings. The predicted octanol–water partition coefficient (Wildman–Crippen LogP) is 23.9. The van der Waals surface area contributed by atoms with E-state index in [1.165, 1.54) is 295 Å². The van der Waals surface area contributed by atoms with Crippen LogP contribution in [0.2, 0.25) is 0 Å². The van der Waals surface area contributed by atoms with Crippen molar-refractivity contribution in [1.82, 2.24) is 5.32 Å². The number of nitrogens with one attached hydrogen (secondary N) is 1. The second kappa shape index (κ2) is 66.6. The first kappa shape index (κ1) is 83.2. The molecule has 0 aliphatic rings. The van der Waals surface area contributed by atoms with Gasteiger partial charge in [0.05, 0.1) is 39.9 Å². The molecule has 9 heteroatoms. The molecule has 0 spiro atoms. The van der Waals surface area contributed by atoms with E-state index in [0.717, 1.165) is 51.4 Å². The number of carbonyl (C=O) groups excluding carboxylic acids is 1. The minimum atomic E-state index is -4.36. The molecule has 0 saturated heterocycles. The molecule has 85 heavy (non-hydrogen) atoms. The lowest BCUT2D eigenvalue weighted by Gasteiger charge is -2.25. The van der Waals surface area contributed by atoms with Gasteiger partial charge in [0.25, 0.3) is 0 Å². The van der Waals surface area contributed by atoms with Gasteiger partial charge < -0.3 is 19.8 Å². The maximum Gasteiger partial charge on any atom is 0.472 e. The highest BCUT2D eigenvalue weighted by molar-refractivity contribution is 7.47. The molecular formula is C76H146N2O6P+. The lowest BCUT2D eigenvalue weighted by molar-refractivity contribution is -0.870. The standard InChI is InChI=1S/C76H145N2O6P/c1-6-8-10-12-14-16-18-20-22-24-26-28-30-32-33-34-35-36-37-38-39-40-41-42-43-44-45-46-48-50-52-54-56-58-60-62-64-66-68-70-76(80)77-74(73-84-85(81,82)83-72-71-78(3,4)5)75(79)69-67-65-63-61-59-57-55-53-51-49-47-31-29-27-25-23-21-19-17-15-13-11-9-7-2/h18,20,24,26,30,32,59,61,67,69,74-75,79H,6-17,19,21-23,25,27-29,31,33-58,60,62-66,68,70-73H2,1-5H3,(H-,77,80,81,82)/p+1/b20-18-,26-24-,32-30-,61-59+,69-67+. The first-order valence-corrected chi connectivity index (χ1v) is 38.7. The molecule has 1 amide bonds. The Balaban J connectivity index is 3.98. The van der Waals surface area contributed by atoms with Crippen molar-refractivity contribution in [3.63, 3.8) is 0 Å². The Morgan fingerprint density at radius 1 is 0.400 bits per heavy atom. The first-order chi connectivity index (χ1) is 41.5. The molecule has 0 rings (SSSR count). The van der Waals surface area contributed by atoms with Crippen molar-refractivity contribution in [3.05, 3.63) is 60.8 Å². The van der Waals surface area contributed by atoms with Crippen molar-refractivity contribution in [1.29, 1.82) is 0 Å². The number of phosphoric acid groups is 1. The lowest BCUT2D eigenvalue weighted by Crippen LogP contribution is -2.45. The summed E-state index contributed by atoms with van der Waals surface area (Å²) in [5, 5.41) is 14.0. The number of aliphatic hydroxyl groups is 1. The minimum absolute atomic E-state index is 0.0571. The van der Waals surface area contributed by atoms with Crippen LogP contribution in [0, 0.1) is 0 Å². The summed E-state index contributed by atoms with van der Waals surface area (Å²) in [4.78, 5) is 23.4. The zero-order valence-corrected chi connectivity index (χ0v) is 58.3. The number of quaternary nitrogens is 1. The van der Waals surface area contributed by atoms with Gasteiger partial charge in [-0.25, -0.2) is 4.57 Å². The Morgan fingerprint density at radius 3 is 1.02 bits per heavy atom. The number of hydrogen-bond acceptors (Lipinski definition) is 5. The molecule has 0 aromatic carbocycles. The third kappa shape index (κ3) is 69.5.